The van der Waals surface area contributed by atoms with Gasteiger partial charge in [-0.3, -0.25) is 4.90 Å². The molecule has 0 spiro atoms. The number of rotatable bonds is 5. The molecule has 0 unspecified atom stereocenters. The van der Waals surface area contributed by atoms with Crippen LogP contribution in [0.1, 0.15) is 32.1 Å². The van der Waals surface area contributed by atoms with E-state index in [-0.39, 0.29) is 0 Å². The third kappa shape index (κ3) is 7.22. The zero-order valence-corrected chi connectivity index (χ0v) is 16.1. The van der Waals surface area contributed by atoms with Gasteiger partial charge in [0.05, 0.1) is 7.11 Å². The molecule has 0 amide bonds. The van der Waals surface area contributed by atoms with Crippen molar-refractivity contribution in [3.63, 3.8) is 0 Å². The summed E-state index contributed by atoms with van der Waals surface area (Å²) in [5, 5.41) is 7.12. The van der Waals surface area contributed by atoms with Crippen molar-refractivity contribution >= 4 is 5.97 Å². The van der Waals surface area contributed by atoms with Gasteiger partial charge in [0.2, 0.25) is 0 Å². The maximum atomic E-state index is 10.6. The van der Waals surface area contributed by atoms with Crippen LogP contribution in [0, 0.1) is 11.8 Å². The van der Waals surface area contributed by atoms with Crippen molar-refractivity contribution in [3.8, 4) is 11.5 Å². The van der Waals surface area contributed by atoms with Crippen LogP contribution >= 0.6 is 0 Å². The van der Waals surface area contributed by atoms with Crippen LogP contribution in [0.25, 0.3) is 0 Å². The number of likely N-dealkylation sites (tertiary alicyclic amines) is 1. The number of nitrogens with zero attached hydrogens (tertiary/aromatic N) is 1. The number of piperidine rings is 1. The number of carbonyl (C=O) groups is 1. The number of hydrogen-bond acceptors (Lipinski definition) is 4. The summed E-state index contributed by atoms with van der Waals surface area (Å²) >= 11 is 0. The SMILES string of the molecule is COc1ccc(OCCN2CC[C@@H]3CCCC[C@@H]3C2)cc1.O=C(O)C(F)(F)F. The maximum absolute atomic E-state index is 10.6. The smallest absolute Gasteiger partial charge is 0.490 e. The Kier molecular flexibility index (Phi) is 8.41. The van der Waals surface area contributed by atoms with Gasteiger partial charge in [-0.25, -0.2) is 4.79 Å². The lowest BCUT2D eigenvalue weighted by molar-refractivity contribution is -0.192. The zero-order valence-electron chi connectivity index (χ0n) is 16.1. The number of benzene rings is 1. The van der Waals surface area contributed by atoms with Crippen LogP contribution in [-0.4, -0.2) is 55.5 Å². The van der Waals surface area contributed by atoms with Crippen LogP contribution in [0.2, 0.25) is 0 Å². The fraction of sp³-hybridized carbons (Fsp3) is 0.650. The first-order valence-corrected chi connectivity index (χ1v) is 9.59. The summed E-state index contributed by atoms with van der Waals surface area (Å²) in [4.78, 5) is 11.5. The van der Waals surface area contributed by atoms with E-state index < -0.39 is 12.1 Å². The molecule has 1 saturated carbocycles. The van der Waals surface area contributed by atoms with E-state index in [1.807, 2.05) is 24.3 Å². The molecule has 1 aliphatic carbocycles. The molecule has 1 aliphatic heterocycles. The molecule has 28 heavy (non-hydrogen) atoms. The van der Waals surface area contributed by atoms with E-state index in [1.165, 1.54) is 45.2 Å². The molecule has 2 aliphatic rings. The van der Waals surface area contributed by atoms with Gasteiger partial charge in [0.25, 0.3) is 0 Å². The largest absolute Gasteiger partial charge is 0.497 e. The Morgan fingerprint density at radius 2 is 1.68 bits per heavy atom. The lowest BCUT2D eigenvalue weighted by atomic mass is 9.75. The van der Waals surface area contributed by atoms with Gasteiger partial charge in [0, 0.05) is 13.1 Å². The van der Waals surface area contributed by atoms with Gasteiger partial charge in [-0.15, -0.1) is 0 Å². The molecule has 1 saturated heterocycles. The molecule has 8 heteroatoms. The average molecular weight is 403 g/mol. The number of fused-ring (bicyclic) bond motifs is 1. The van der Waals surface area contributed by atoms with E-state index in [0.29, 0.717) is 0 Å². The highest BCUT2D eigenvalue weighted by atomic mass is 19.4. The summed E-state index contributed by atoms with van der Waals surface area (Å²) < 4.78 is 42.7. The Labute approximate surface area is 163 Å². The van der Waals surface area contributed by atoms with Gasteiger partial charge in [0.1, 0.15) is 18.1 Å². The molecule has 1 aromatic carbocycles. The van der Waals surface area contributed by atoms with E-state index in [1.54, 1.807) is 7.11 Å². The van der Waals surface area contributed by atoms with Gasteiger partial charge < -0.3 is 14.6 Å². The van der Waals surface area contributed by atoms with Crippen LogP contribution in [0.4, 0.5) is 13.2 Å². The minimum atomic E-state index is -5.08. The second kappa shape index (κ2) is 10.5. The summed E-state index contributed by atoms with van der Waals surface area (Å²) in [5.41, 5.74) is 0. The molecular weight excluding hydrogens is 375 g/mol. The van der Waals surface area contributed by atoms with E-state index in [0.717, 1.165) is 36.5 Å². The first-order valence-electron chi connectivity index (χ1n) is 9.59. The van der Waals surface area contributed by atoms with E-state index in [9.17, 15) is 13.2 Å². The van der Waals surface area contributed by atoms with Gasteiger partial charge in [-0.2, -0.15) is 13.2 Å². The molecule has 1 heterocycles. The van der Waals surface area contributed by atoms with Crippen LogP contribution in [-0.2, 0) is 4.79 Å². The van der Waals surface area contributed by atoms with Crippen LogP contribution in [0.5, 0.6) is 11.5 Å². The normalized spacial score (nSPS) is 22.4. The predicted octanol–water partition coefficient (Wildman–Crippen LogP) is 4.22. The second-order valence-corrected chi connectivity index (χ2v) is 7.22. The van der Waals surface area contributed by atoms with Gasteiger partial charge in [-0.1, -0.05) is 19.3 Å². The minimum absolute atomic E-state index is 0.781. The molecule has 158 valence electrons. The fourth-order valence-corrected chi connectivity index (χ4v) is 3.84. The topological polar surface area (TPSA) is 59.0 Å². The number of hydrogen-bond donors (Lipinski definition) is 1. The summed E-state index contributed by atoms with van der Waals surface area (Å²) in [6, 6.07) is 7.85. The van der Waals surface area contributed by atoms with Gasteiger partial charge in [0.15, 0.2) is 0 Å². The number of halogens is 3. The Hall–Kier alpha value is -1.96. The van der Waals surface area contributed by atoms with Crippen LogP contribution < -0.4 is 9.47 Å². The number of ether oxygens (including phenoxy) is 2. The monoisotopic (exact) mass is 403 g/mol. The van der Waals surface area contributed by atoms with Crippen LogP contribution in [0.15, 0.2) is 24.3 Å². The summed E-state index contributed by atoms with van der Waals surface area (Å²) in [6.45, 7) is 4.38. The van der Waals surface area contributed by atoms with Gasteiger partial charge >= 0.3 is 12.1 Å². The first-order chi connectivity index (χ1) is 13.3. The minimum Gasteiger partial charge on any atom is -0.497 e. The molecule has 0 radical (unpaired) electrons. The highest BCUT2D eigenvalue weighted by Crippen LogP contribution is 2.35. The van der Waals surface area contributed by atoms with E-state index in [2.05, 4.69) is 4.90 Å². The van der Waals surface area contributed by atoms with Crippen molar-refractivity contribution in [3.05, 3.63) is 24.3 Å². The number of carboxylic acids is 1. The van der Waals surface area contributed by atoms with E-state index >= 15 is 0 Å². The first kappa shape index (κ1) is 22.3. The standard InChI is InChI=1S/C18H27NO2.C2HF3O2/c1-20-17-6-8-18(9-7-17)21-13-12-19-11-10-15-4-2-3-5-16(15)14-19;3-2(4,5)1(6)7/h6-9,15-16H,2-5,10-14H2,1H3;(H,6,7)/t15-,16+;/m0./s1. The molecular formula is C20H28F3NO4. The second-order valence-electron chi connectivity index (χ2n) is 7.22. The Bertz CT molecular complexity index is 606. The molecule has 3 rings (SSSR count). The Morgan fingerprint density at radius 1 is 1.11 bits per heavy atom. The van der Waals surface area contributed by atoms with Gasteiger partial charge in [-0.05, 0) is 55.5 Å². The average Bonchev–Trinajstić information content (AvgIpc) is 2.68. The molecule has 2 fully saturated rings. The fourth-order valence-electron chi connectivity index (χ4n) is 3.84. The molecule has 0 aromatic heterocycles. The van der Waals surface area contributed by atoms with Crippen molar-refractivity contribution in [2.45, 2.75) is 38.3 Å². The summed E-state index contributed by atoms with van der Waals surface area (Å²) in [5.74, 6) is 1.02. The summed E-state index contributed by atoms with van der Waals surface area (Å²) in [6.07, 6.45) is 2.13. The van der Waals surface area contributed by atoms with Crippen molar-refractivity contribution in [2.75, 3.05) is 33.4 Å². The quantitative estimate of drug-likeness (QED) is 0.798. The number of alkyl halides is 3. The summed E-state index contributed by atoms with van der Waals surface area (Å²) in [7, 11) is 1.69. The lowest BCUT2D eigenvalue weighted by Crippen LogP contribution is -2.43. The van der Waals surface area contributed by atoms with Crippen molar-refractivity contribution < 1.29 is 32.5 Å². The highest BCUT2D eigenvalue weighted by molar-refractivity contribution is 5.73. The Balaban J connectivity index is 0.000000345. The van der Waals surface area contributed by atoms with Crippen molar-refractivity contribution in [2.24, 2.45) is 11.8 Å². The molecule has 1 aromatic rings. The van der Waals surface area contributed by atoms with E-state index in [4.69, 9.17) is 19.4 Å². The molecule has 0 bridgehead atoms. The number of aliphatic carboxylic acids is 1. The van der Waals surface area contributed by atoms with Crippen molar-refractivity contribution in [1.29, 1.82) is 0 Å². The predicted molar refractivity (Wildman–Crippen MR) is 98.7 cm³/mol. The molecule has 2 atom stereocenters. The highest BCUT2D eigenvalue weighted by Gasteiger charge is 2.38. The third-order valence-electron chi connectivity index (χ3n) is 5.35. The Morgan fingerprint density at radius 3 is 2.25 bits per heavy atom. The third-order valence-corrected chi connectivity index (χ3v) is 5.35. The number of carboxylic acid groups (broad SMARTS) is 1. The molecule has 5 nitrogen and oxygen atoms in total. The molecule has 1 N–H and O–H groups in total. The van der Waals surface area contributed by atoms with Crippen LogP contribution in [0.3, 0.4) is 0 Å². The van der Waals surface area contributed by atoms with Crippen molar-refractivity contribution in [1.82, 2.24) is 4.90 Å². The maximum Gasteiger partial charge on any atom is 0.490 e. The lowest BCUT2D eigenvalue weighted by Gasteiger charge is -2.41. The number of methoxy groups -OCH3 is 1. The zero-order chi connectivity index (χ0) is 20.6.